The topological polar surface area (TPSA) is 28.7 Å². The molecule has 0 amide bonds. The molecule has 1 aromatic heterocycles. The Morgan fingerprint density at radius 1 is 1.29 bits per heavy atom. The van der Waals surface area contributed by atoms with Crippen molar-refractivity contribution in [2.24, 2.45) is 0 Å². The molecule has 14 heavy (non-hydrogen) atoms. The molecule has 0 aliphatic carbocycles. The first kappa shape index (κ1) is 9.46. The quantitative estimate of drug-likeness (QED) is 0.826. The van der Waals surface area contributed by atoms with E-state index in [0.717, 1.165) is 21.7 Å². The maximum Gasteiger partial charge on any atom is 0.138 e. The first-order valence-corrected chi connectivity index (χ1v) is 5.25. The predicted octanol–water partition coefficient (Wildman–Crippen LogP) is 3.46. The highest BCUT2D eigenvalue weighted by Gasteiger charge is 2.05. The van der Waals surface area contributed by atoms with Crippen molar-refractivity contribution in [2.45, 2.75) is 13.8 Å². The van der Waals surface area contributed by atoms with E-state index in [4.69, 9.17) is 0 Å². The summed E-state index contributed by atoms with van der Waals surface area (Å²) in [7, 11) is 0. The van der Waals surface area contributed by atoms with Crippen LogP contribution in [-0.4, -0.2) is 9.97 Å². The van der Waals surface area contributed by atoms with Gasteiger partial charge in [-0.05, 0) is 35.8 Å². The van der Waals surface area contributed by atoms with E-state index >= 15 is 0 Å². The van der Waals surface area contributed by atoms with Crippen molar-refractivity contribution in [3.8, 4) is 11.4 Å². The summed E-state index contributed by atoms with van der Waals surface area (Å²) in [5.74, 6) is 0.915. The zero-order valence-electron chi connectivity index (χ0n) is 8.13. The third-order valence-electron chi connectivity index (χ3n) is 2.12. The summed E-state index contributed by atoms with van der Waals surface area (Å²) in [6.45, 7) is 4.07. The first-order valence-electron chi connectivity index (χ1n) is 4.46. The van der Waals surface area contributed by atoms with Crippen LogP contribution in [0.4, 0.5) is 0 Å². The molecule has 0 bridgehead atoms. The fraction of sp³-hybridized carbons (Fsp3) is 0.182. The van der Waals surface area contributed by atoms with Crippen molar-refractivity contribution >= 4 is 15.9 Å². The average Bonchev–Trinajstić information content (AvgIpc) is 2.47. The van der Waals surface area contributed by atoms with E-state index in [0.29, 0.717) is 0 Å². The molecule has 0 atom stereocenters. The summed E-state index contributed by atoms with van der Waals surface area (Å²) in [4.78, 5) is 7.61. The Morgan fingerprint density at radius 3 is 2.64 bits per heavy atom. The Labute approximate surface area is 91.5 Å². The number of nitrogens with one attached hydrogen (secondary N) is 1. The second kappa shape index (κ2) is 3.58. The van der Waals surface area contributed by atoms with Gasteiger partial charge in [0, 0.05) is 11.3 Å². The first-order chi connectivity index (χ1) is 6.66. The number of imidazole rings is 1. The lowest BCUT2D eigenvalue weighted by atomic mass is 10.1. The number of halogens is 1. The molecule has 0 fully saturated rings. The average molecular weight is 251 g/mol. The Morgan fingerprint density at radius 2 is 2.07 bits per heavy atom. The number of hydrogen-bond donors (Lipinski definition) is 1. The van der Waals surface area contributed by atoms with Crippen LogP contribution >= 0.6 is 15.9 Å². The van der Waals surface area contributed by atoms with Crippen LogP contribution < -0.4 is 0 Å². The van der Waals surface area contributed by atoms with Crippen molar-refractivity contribution in [3.05, 3.63) is 40.1 Å². The summed E-state index contributed by atoms with van der Waals surface area (Å²) in [5, 5.41) is 0. The molecule has 1 heterocycles. The fourth-order valence-corrected chi connectivity index (χ4v) is 1.64. The number of rotatable bonds is 1. The van der Waals surface area contributed by atoms with Crippen molar-refractivity contribution in [3.63, 3.8) is 0 Å². The third-order valence-corrected chi connectivity index (χ3v) is 2.89. The van der Waals surface area contributed by atoms with E-state index in [1.165, 1.54) is 5.56 Å². The molecule has 0 saturated heterocycles. The van der Waals surface area contributed by atoms with E-state index in [1.807, 2.05) is 13.0 Å². The molecule has 2 rings (SSSR count). The van der Waals surface area contributed by atoms with Gasteiger partial charge in [-0.15, -0.1) is 0 Å². The maximum absolute atomic E-state index is 4.38. The molecule has 72 valence electrons. The van der Waals surface area contributed by atoms with Crippen LogP contribution in [0.25, 0.3) is 11.4 Å². The van der Waals surface area contributed by atoms with Gasteiger partial charge in [-0.25, -0.2) is 4.98 Å². The van der Waals surface area contributed by atoms with Crippen LogP contribution in [-0.2, 0) is 0 Å². The molecule has 0 aliphatic heterocycles. The van der Waals surface area contributed by atoms with Crippen LogP contribution in [0, 0.1) is 13.8 Å². The van der Waals surface area contributed by atoms with Gasteiger partial charge in [-0.3, -0.25) is 0 Å². The van der Waals surface area contributed by atoms with E-state index in [9.17, 15) is 0 Å². The van der Waals surface area contributed by atoms with E-state index < -0.39 is 0 Å². The van der Waals surface area contributed by atoms with Crippen LogP contribution in [0.3, 0.4) is 0 Å². The van der Waals surface area contributed by atoms with Gasteiger partial charge in [0.05, 0.1) is 0 Å². The second-order valence-corrected chi connectivity index (χ2v) is 4.12. The monoisotopic (exact) mass is 250 g/mol. The minimum Gasteiger partial charge on any atom is -0.341 e. The van der Waals surface area contributed by atoms with Crippen LogP contribution in [0.15, 0.2) is 28.9 Å². The Kier molecular flexibility index (Phi) is 2.42. The molecule has 3 heteroatoms. The molecule has 1 aromatic carbocycles. The third kappa shape index (κ3) is 1.73. The largest absolute Gasteiger partial charge is 0.341 e. The van der Waals surface area contributed by atoms with Gasteiger partial charge in [0.1, 0.15) is 10.4 Å². The zero-order valence-corrected chi connectivity index (χ0v) is 9.72. The smallest absolute Gasteiger partial charge is 0.138 e. The van der Waals surface area contributed by atoms with Crippen molar-refractivity contribution in [1.29, 1.82) is 0 Å². The molecular formula is C11H11BrN2. The Balaban J connectivity index is 2.49. The summed E-state index contributed by atoms with van der Waals surface area (Å²) < 4.78 is 0.883. The molecule has 0 saturated carbocycles. The van der Waals surface area contributed by atoms with Gasteiger partial charge < -0.3 is 4.98 Å². The zero-order chi connectivity index (χ0) is 10.1. The highest BCUT2D eigenvalue weighted by Crippen LogP contribution is 2.21. The summed E-state index contributed by atoms with van der Waals surface area (Å²) in [6.07, 6.45) is 0. The van der Waals surface area contributed by atoms with E-state index in [-0.39, 0.29) is 0 Å². The lowest BCUT2D eigenvalue weighted by molar-refractivity contribution is 1.25. The number of hydrogen-bond acceptors (Lipinski definition) is 1. The lowest BCUT2D eigenvalue weighted by Crippen LogP contribution is -1.81. The lowest BCUT2D eigenvalue weighted by Gasteiger charge is -1.97. The summed E-state index contributed by atoms with van der Waals surface area (Å²) in [5.41, 5.74) is 3.42. The number of aromatic nitrogens is 2. The number of nitrogens with zero attached hydrogens (tertiary/aromatic N) is 1. The van der Waals surface area contributed by atoms with Gasteiger partial charge in [0.25, 0.3) is 0 Å². The molecule has 2 nitrogen and oxygen atoms in total. The fourth-order valence-electron chi connectivity index (χ4n) is 1.37. The molecular weight excluding hydrogens is 240 g/mol. The highest BCUT2D eigenvalue weighted by atomic mass is 79.9. The number of benzene rings is 1. The van der Waals surface area contributed by atoms with Crippen LogP contribution in [0.2, 0.25) is 0 Å². The van der Waals surface area contributed by atoms with Crippen molar-refractivity contribution in [2.75, 3.05) is 0 Å². The maximum atomic E-state index is 4.38. The molecule has 1 N–H and O–H groups in total. The molecule has 0 radical (unpaired) electrons. The predicted molar refractivity (Wildman–Crippen MR) is 61.2 cm³/mol. The molecule has 0 aliphatic rings. The van der Waals surface area contributed by atoms with Crippen LogP contribution in [0.1, 0.15) is 11.3 Å². The highest BCUT2D eigenvalue weighted by molar-refractivity contribution is 9.10. The summed E-state index contributed by atoms with van der Waals surface area (Å²) >= 11 is 3.39. The Bertz CT molecular complexity index is 441. The van der Waals surface area contributed by atoms with Gasteiger partial charge in [0.15, 0.2) is 0 Å². The van der Waals surface area contributed by atoms with Crippen LogP contribution in [0.5, 0.6) is 0 Å². The van der Waals surface area contributed by atoms with Crippen molar-refractivity contribution < 1.29 is 0 Å². The SMILES string of the molecule is Cc1cccc(-c2nc(Br)c(C)[nH]2)c1. The van der Waals surface area contributed by atoms with Gasteiger partial charge >= 0.3 is 0 Å². The number of aryl methyl sites for hydroxylation is 2. The molecule has 0 spiro atoms. The molecule has 0 unspecified atom stereocenters. The van der Waals surface area contributed by atoms with E-state index in [1.54, 1.807) is 0 Å². The minimum atomic E-state index is 0.883. The van der Waals surface area contributed by atoms with Gasteiger partial charge in [-0.1, -0.05) is 23.8 Å². The second-order valence-electron chi connectivity index (χ2n) is 3.37. The Hall–Kier alpha value is -1.09. The van der Waals surface area contributed by atoms with Crippen molar-refractivity contribution in [1.82, 2.24) is 9.97 Å². The molecule has 2 aromatic rings. The van der Waals surface area contributed by atoms with E-state index in [2.05, 4.69) is 51.0 Å². The minimum absolute atomic E-state index is 0.883. The number of H-pyrrole nitrogens is 1. The van der Waals surface area contributed by atoms with Gasteiger partial charge in [-0.2, -0.15) is 0 Å². The standard InChI is InChI=1S/C11H11BrN2/c1-7-4-3-5-9(6-7)11-13-8(2)10(12)14-11/h3-6H,1-2H3,(H,13,14). The van der Waals surface area contributed by atoms with Gasteiger partial charge in [0.2, 0.25) is 0 Å². The normalized spacial score (nSPS) is 10.5. The summed E-state index contributed by atoms with van der Waals surface area (Å²) in [6, 6.07) is 8.28. The number of aromatic amines is 1.